The highest BCUT2D eigenvalue weighted by molar-refractivity contribution is 5.03. The molecule has 0 spiro atoms. The Morgan fingerprint density at radius 3 is 2.74 bits per heavy atom. The molecule has 2 atom stereocenters. The van der Waals surface area contributed by atoms with Crippen molar-refractivity contribution in [2.24, 2.45) is 0 Å². The third-order valence-corrected chi connectivity index (χ3v) is 4.28. The third kappa shape index (κ3) is 3.51. The van der Waals surface area contributed by atoms with Crippen LogP contribution in [0, 0.1) is 6.92 Å². The van der Waals surface area contributed by atoms with Crippen LogP contribution in [0.2, 0.25) is 0 Å². The van der Waals surface area contributed by atoms with Crippen molar-refractivity contribution in [3.05, 3.63) is 23.8 Å². The Balaban J connectivity index is 2.08. The van der Waals surface area contributed by atoms with E-state index in [9.17, 15) is 0 Å². The molecule has 0 bridgehead atoms. The minimum atomic E-state index is 0.226. The number of aromatic nitrogens is 2. The van der Waals surface area contributed by atoms with Gasteiger partial charge >= 0.3 is 0 Å². The monoisotopic (exact) mass is 262 g/mol. The van der Waals surface area contributed by atoms with Gasteiger partial charge in [-0.05, 0) is 26.7 Å². The van der Waals surface area contributed by atoms with E-state index in [0.29, 0.717) is 6.04 Å². The zero-order chi connectivity index (χ0) is 13.9. The van der Waals surface area contributed by atoms with Gasteiger partial charge in [-0.2, -0.15) is 0 Å². The first-order chi connectivity index (χ1) is 9.06. The second-order valence-electron chi connectivity index (χ2n) is 5.91. The summed E-state index contributed by atoms with van der Waals surface area (Å²) in [6.45, 7) is 11.9. The number of nitrogens with zero attached hydrogens (tertiary/aromatic N) is 3. The molecule has 0 amide bonds. The van der Waals surface area contributed by atoms with Crippen LogP contribution in [0.1, 0.15) is 45.0 Å². The lowest BCUT2D eigenvalue weighted by Crippen LogP contribution is -2.62. The van der Waals surface area contributed by atoms with Crippen molar-refractivity contribution >= 4 is 0 Å². The first-order valence-electron chi connectivity index (χ1n) is 7.33. The SMILES string of the molecule is CCC1CNC(C)(CC)CN1Cc1cnc(C)cn1. The third-order valence-electron chi connectivity index (χ3n) is 4.28. The molecule has 1 aliphatic rings. The molecular formula is C15H26N4. The fourth-order valence-electron chi connectivity index (χ4n) is 2.66. The van der Waals surface area contributed by atoms with Crippen molar-refractivity contribution < 1.29 is 0 Å². The van der Waals surface area contributed by atoms with E-state index in [-0.39, 0.29) is 5.54 Å². The van der Waals surface area contributed by atoms with Gasteiger partial charge in [0.15, 0.2) is 0 Å². The van der Waals surface area contributed by atoms with E-state index in [1.807, 2.05) is 19.3 Å². The molecule has 0 aromatic carbocycles. The number of aryl methyl sites for hydroxylation is 1. The molecule has 0 radical (unpaired) electrons. The Bertz CT molecular complexity index is 403. The van der Waals surface area contributed by atoms with Crippen molar-refractivity contribution in [2.75, 3.05) is 13.1 Å². The van der Waals surface area contributed by atoms with Crippen LogP contribution < -0.4 is 5.32 Å². The van der Waals surface area contributed by atoms with Crippen LogP contribution in [-0.2, 0) is 6.54 Å². The van der Waals surface area contributed by atoms with Crippen LogP contribution >= 0.6 is 0 Å². The van der Waals surface area contributed by atoms with Crippen molar-refractivity contribution in [1.29, 1.82) is 0 Å². The molecule has 4 heteroatoms. The molecule has 2 heterocycles. The van der Waals surface area contributed by atoms with E-state index >= 15 is 0 Å². The van der Waals surface area contributed by atoms with E-state index in [4.69, 9.17) is 0 Å². The fourth-order valence-corrected chi connectivity index (χ4v) is 2.66. The molecule has 2 unspecified atom stereocenters. The van der Waals surface area contributed by atoms with Crippen LogP contribution in [0.4, 0.5) is 0 Å². The van der Waals surface area contributed by atoms with Gasteiger partial charge < -0.3 is 5.32 Å². The van der Waals surface area contributed by atoms with Gasteiger partial charge in [-0.3, -0.25) is 14.9 Å². The molecule has 1 fully saturated rings. The van der Waals surface area contributed by atoms with Crippen molar-refractivity contribution in [3.8, 4) is 0 Å². The van der Waals surface area contributed by atoms with E-state index in [2.05, 4.69) is 41.0 Å². The second kappa shape index (κ2) is 5.97. The van der Waals surface area contributed by atoms with Crippen molar-refractivity contribution in [3.63, 3.8) is 0 Å². The number of hydrogen-bond acceptors (Lipinski definition) is 4. The molecule has 1 N–H and O–H groups in total. The van der Waals surface area contributed by atoms with Gasteiger partial charge in [-0.25, -0.2) is 0 Å². The van der Waals surface area contributed by atoms with Crippen molar-refractivity contribution in [1.82, 2.24) is 20.2 Å². The average Bonchev–Trinajstić information content (AvgIpc) is 2.42. The largest absolute Gasteiger partial charge is 0.309 e. The Morgan fingerprint density at radius 1 is 1.37 bits per heavy atom. The molecule has 19 heavy (non-hydrogen) atoms. The summed E-state index contributed by atoms with van der Waals surface area (Å²) >= 11 is 0. The Morgan fingerprint density at radius 2 is 2.16 bits per heavy atom. The number of nitrogens with one attached hydrogen (secondary N) is 1. The van der Waals surface area contributed by atoms with Gasteiger partial charge in [-0.1, -0.05) is 13.8 Å². The molecule has 1 aromatic rings. The summed E-state index contributed by atoms with van der Waals surface area (Å²) in [6, 6.07) is 0.600. The summed E-state index contributed by atoms with van der Waals surface area (Å²) in [4.78, 5) is 11.4. The predicted molar refractivity (Wildman–Crippen MR) is 78.0 cm³/mol. The molecule has 1 aliphatic heterocycles. The zero-order valence-corrected chi connectivity index (χ0v) is 12.6. The highest BCUT2D eigenvalue weighted by Crippen LogP contribution is 2.21. The normalized spacial score (nSPS) is 28.5. The summed E-state index contributed by atoms with van der Waals surface area (Å²) in [5.41, 5.74) is 2.28. The molecule has 1 aromatic heterocycles. The Kier molecular flexibility index (Phi) is 4.53. The van der Waals surface area contributed by atoms with Gasteiger partial charge in [0.25, 0.3) is 0 Å². The smallest absolute Gasteiger partial charge is 0.0727 e. The highest BCUT2D eigenvalue weighted by Gasteiger charge is 2.33. The maximum atomic E-state index is 4.49. The lowest BCUT2D eigenvalue weighted by Gasteiger charge is -2.45. The van der Waals surface area contributed by atoms with E-state index in [0.717, 1.165) is 37.4 Å². The molecule has 2 rings (SSSR count). The Labute approximate surface area is 116 Å². The summed E-state index contributed by atoms with van der Waals surface area (Å²) in [5, 5.41) is 3.69. The van der Waals surface area contributed by atoms with E-state index < -0.39 is 0 Å². The average molecular weight is 262 g/mol. The maximum absolute atomic E-state index is 4.49. The minimum Gasteiger partial charge on any atom is -0.309 e. The van der Waals surface area contributed by atoms with Gasteiger partial charge in [0.1, 0.15) is 0 Å². The molecule has 4 nitrogen and oxygen atoms in total. The number of rotatable bonds is 4. The molecular weight excluding hydrogens is 236 g/mol. The summed E-state index contributed by atoms with van der Waals surface area (Å²) in [6.07, 6.45) is 6.09. The first-order valence-corrected chi connectivity index (χ1v) is 7.33. The van der Waals surface area contributed by atoms with E-state index in [1.165, 1.54) is 6.42 Å². The lowest BCUT2D eigenvalue weighted by molar-refractivity contribution is 0.0743. The predicted octanol–water partition coefficient (Wildman–Crippen LogP) is 2.14. The fraction of sp³-hybridized carbons (Fsp3) is 0.733. The van der Waals surface area contributed by atoms with Crippen LogP contribution in [0.15, 0.2) is 12.4 Å². The summed E-state index contributed by atoms with van der Waals surface area (Å²) in [5.74, 6) is 0. The topological polar surface area (TPSA) is 41.0 Å². The van der Waals surface area contributed by atoms with Gasteiger partial charge in [0.05, 0.1) is 11.4 Å². The van der Waals surface area contributed by atoms with Crippen LogP contribution in [0.5, 0.6) is 0 Å². The molecule has 0 saturated carbocycles. The molecule has 106 valence electrons. The number of piperazine rings is 1. The Hall–Kier alpha value is -1.00. The van der Waals surface area contributed by atoms with Crippen LogP contribution in [0.25, 0.3) is 0 Å². The minimum absolute atomic E-state index is 0.226. The van der Waals surface area contributed by atoms with Crippen LogP contribution in [0.3, 0.4) is 0 Å². The standard InChI is InChI=1S/C15H26N4/c1-5-14-9-18-15(4,6-2)11-19(14)10-13-8-16-12(3)7-17-13/h7-8,14,18H,5-6,9-11H2,1-4H3. The summed E-state index contributed by atoms with van der Waals surface area (Å²) in [7, 11) is 0. The highest BCUT2D eigenvalue weighted by atomic mass is 15.3. The molecule has 0 aliphatic carbocycles. The van der Waals surface area contributed by atoms with Crippen LogP contribution in [-0.4, -0.2) is 39.5 Å². The summed E-state index contributed by atoms with van der Waals surface area (Å²) < 4.78 is 0. The molecule has 1 saturated heterocycles. The van der Waals surface area contributed by atoms with Gasteiger partial charge in [-0.15, -0.1) is 0 Å². The first kappa shape index (κ1) is 14.4. The maximum Gasteiger partial charge on any atom is 0.0727 e. The zero-order valence-electron chi connectivity index (χ0n) is 12.6. The number of hydrogen-bond donors (Lipinski definition) is 1. The van der Waals surface area contributed by atoms with Gasteiger partial charge in [0, 0.05) is 43.6 Å². The quantitative estimate of drug-likeness (QED) is 0.902. The van der Waals surface area contributed by atoms with E-state index in [1.54, 1.807) is 0 Å². The van der Waals surface area contributed by atoms with Crippen molar-refractivity contribution in [2.45, 2.75) is 58.7 Å². The van der Waals surface area contributed by atoms with Gasteiger partial charge in [0.2, 0.25) is 0 Å². The lowest BCUT2D eigenvalue weighted by atomic mass is 9.92. The second-order valence-corrected chi connectivity index (χ2v) is 5.91.